The summed E-state index contributed by atoms with van der Waals surface area (Å²) in [6, 6.07) is 5.79. The van der Waals surface area contributed by atoms with Crippen LogP contribution in [0.1, 0.15) is 26.2 Å². The lowest BCUT2D eigenvalue weighted by Crippen LogP contribution is -2.36. The van der Waals surface area contributed by atoms with Crippen molar-refractivity contribution in [2.45, 2.75) is 32.2 Å². The lowest BCUT2D eigenvalue weighted by atomic mass is 10.1. The number of hydrogen-bond acceptors (Lipinski definition) is 1. The largest absolute Gasteiger partial charge is 0.360 e. The van der Waals surface area contributed by atoms with Crippen LogP contribution in [-0.4, -0.2) is 11.2 Å². The van der Waals surface area contributed by atoms with Gasteiger partial charge in [0.2, 0.25) is 0 Å². The van der Waals surface area contributed by atoms with Crippen molar-refractivity contribution in [2.75, 3.05) is 5.32 Å². The molecule has 1 aliphatic carbocycles. The van der Waals surface area contributed by atoms with Crippen molar-refractivity contribution in [1.82, 2.24) is 5.32 Å². The maximum atomic E-state index is 5.93. The first kappa shape index (κ1) is 13.9. The van der Waals surface area contributed by atoms with E-state index < -0.39 is 0 Å². The summed E-state index contributed by atoms with van der Waals surface area (Å²) >= 11 is 17.2. The number of thiocarbonyl (C=S) groups is 1. The van der Waals surface area contributed by atoms with Crippen LogP contribution in [0.3, 0.4) is 0 Å². The third-order valence-corrected chi connectivity index (χ3v) is 3.81. The maximum Gasteiger partial charge on any atom is 0.170 e. The zero-order valence-electron chi connectivity index (χ0n) is 10.2. The van der Waals surface area contributed by atoms with Gasteiger partial charge in [-0.05, 0) is 55.6 Å². The molecule has 0 aliphatic heterocycles. The van der Waals surface area contributed by atoms with Gasteiger partial charge in [0.05, 0.1) is 0 Å². The van der Waals surface area contributed by atoms with Crippen LogP contribution in [-0.2, 0) is 0 Å². The van der Waals surface area contributed by atoms with Gasteiger partial charge >= 0.3 is 0 Å². The summed E-state index contributed by atoms with van der Waals surface area (Å²) in [5, 5.41) is 8.28. The molecule has 1 saturated carbocycles. The Morgan fingerprint density at radius 2 is 1.89 bits per heavy atom. The van der Waals surface area contributed by atoms with Gasteiger partial charge in [-0.15, -0.1) is 0 Å². The van der Waals surface area contributed by atoms with Gasteiger partial charge in [0, 0.05) is 21.8 Å². The lowest BCUT2D eigenvalue weighted by molar-refractivity contribution is 0.572. The van der Waals surface area contributed by atoms with E-state index in [1.807, 2.05) is 0 Å². The quantitative estimate of drug-likeness (QED) is 0.788. The Hall–Kier alpha value is -0.510. The highest BCUT2D eigenvalue weighted by molar-refractivity contribution is 7.80. The van der Waals surface area contributed by atoms with E-state index in [1.165, 1.54) is 19.3 Å². The van der Waals surface area contributed by atoms with Crippen LogP contribution in [0.4, 0.5) is 5.69 Å². The third kappa shape index (κ3) is 4.01. The lowest BCUT2D eigenvalue weighted by Gasteiger charge is -2.16. The van der Waals surface area contributed by atoms with Gasteiger partial charge < -0.3 is 10.6 Å². The van der Waals surface area contributed by atoms with Crippen molar-refractivity contribution in [3.63, 3.8) is 0 Å². The van der Waals surface area contributed by atoms with E-state index in [1.54, 1.807) is 18.2 Å². The minimum absolute atomic E-state index is 0.481. The number of anilines is 1. The van der Waals surface area contributed by atoms with Gasteiger partial charge in [0.25, 0.3) is 0 Å². The molecule has 0 radical (unpaired) electrons. The summed E-state index contributed by atoms with van der Waals surface area (Å²) < 4.78 is 0. The maximum absolute atomic E-state index is 5.93. The highest BCUT2D eigenvalue weighted by atomic mass is 35.5. The average Bonchev–Trinajstić information content (AvgIpc) is 2.61. The van der Waals surface area contributed by atoms with Crippen LogP contribution in [0, 0.1) is 5.92 Å². The van der Waals surface area contributed by atoms with Gasteiger partial charge in [0.1, 0.15) is 0 Å². The summed E-state index contributed by atoms with van der Waals surface area (Å²) in [4.78, 5) is 0. The second kappa shape index (κ2) is 6.09. The molecular weight excluding hydrogens is 287 g/mol. The molecule has 0 bridgehead atoms. The molecule has 5 heteroatoms. The molecule has 0 spiro atoms. The van der Waals surface area contributed by atoms with Crippen LogP contribution in [0.5, 0.6) is 0 Å². The summed E-state index contributed by atoms with van der Waals surface area (Å²) in [7, 11) is 0. The first-order valence-corrected chi connectivity index (χ1v) is 7.23. The first-order valence-electron chi connectivity index (χ1n) is 6.06. The predicted octanol–water partition coefficient (Wildman–Crippen LogP) is 4.47. The molecule has 98 valence electrons. The Balaban J connectivity index is 1.90. The van der Waals surface area contributed by atoms with E-state index in [2.05, 4.69) is 17.6 Å². The summed E-state index contributed by atoms with van der Waals surface area (Å²) in [5.74, 6) is 0.783. The molecular formula is C13H16Cl2N2S. The van der Waals surface area contributed by atoms with E-state index in [-0.39, 0.29) is 0 Å². The highest BCUT2D eigenvalue weighted by Crippen LogP contribution is 2.25. The van der Waals surface area contributed by atoms with Crippen LogP contribution in [0.25, 0.3) is 0 Å². The molecule has 1 aromatic carbocycles. The molecule has 1 aliphatic rings. The fourth-order valence-corrected chi connectivity index (χ4v) is 3.13. The molecule has 1 aromatic rings. The second-order valence-corrected chi connectivity index (χ2v) is 6.15. The standard InChI is InChI=1S/C13H16Cl2N2S/c1-8-2-3-11(4-8)16-13(18)17-12-6-9(14)5-10(15)7-12/h5-8,11H,2-4H2,1H3,(H2,16,17,18). The van der Waals surface area contributed by atoms with Crippen LogP contribution < -0.4 is 10.6 Å². The predicted molar refractivity (Wildman–Crippen MR) is 82.6 cm³/mol. The zero-order chi connectivity index (χ0) is 13.1. The van der Waals surface area contributed by atoms with Crippen molar-refractivity contribution in [2.24, 2.45) is 5.92 Å². The Kier molecular flexibility index (Phi) is 4.71. The van der Waals surface area contributed by atoms with Crippen LogP contribution in [0.2, 0.25) is 10.0 Å². The van der Waals surface area contributed by atoms with E-state index in [0.717, 1.165) is 11.6 Å². The second-order valence-electron chi connectivity index (χ2n) is 4.87. The minimum atomic E-state index is 0.481. The highest BCUT2D eigenvalue weighted by Gasteiger charge is 2.21. The summed E-state index contributed by atoms with van der Waals surface area (Å²) in [6.45, 7) is 2.27. The van der Waals surface area contributed by atoms with Crippen LogP contribution >= 0.6 is 35.4 Å². The number of benzene rings is 1. The Morgan fingerprint density at radius 1 is 1.22 bits per heavy atom. The zero-order valence-corrected chi connectivity index (χ0v) is 12.5. The van der Waals surface area contributed by atoms with Gasteiger partial charge in [-0.3, -0.25) is 0 Å². The van der Waals surface area contributed by atoms with E-state index in [4.69, 9.17) is 35.4 Å². The molecule has 2 atom stereocenters. The third-order valence-electron chi connectivity index (χ3n) is 3.15. The molecule has 2 rings (SSSR count). The van der Waals surface area contributed by atoms with Crippen molar-refractivity contribution in [1.29, 1.82) is 0 Å². The summed E-state index contributed by atoms with van der Waals surface area (Å²) in [5.41, 5.74) is 0.816. The Labute approximate surface area is 123 Å². The Bertz CT molecular complexity index is 430. The van der Waals surface area contributed by atoms with Gasteiger partial charge in [-0.2, -0.15) is 0 Å². The van der Waals surface area contributed by atoms with E-state index in [0.29, 0.717) is 21.2 Å². The molecule has 2 N–H and O–H groups in total. The van der Waals surface area contributed by atoms with Gasteiger partial charge in [0.15, 0.2) is 5.11 Å². The molecule has 1 fully saturated rings. The molecule has 0 saturated heterocycles. The molecule has 18 heavy (non-hydrogen) atoms. The van der Waals surface area contributed by atoms with E-state index >= 15 is 0 Å². The normalized spacial score (nSPS) is 22.8. The summed E-state index contributed by atoms with van der Waals surface area (Å²) in [6.07, 6.45) is 3.63. The topological polar surface area (TPSA) is 24.1 Å². The monoisotopic (exact) mass is 302 g/mol. The molecule has 2 nitrogen and oxygen atoms in total. The smallest absolute Gasteiger partial charge is 0.170 e. The van der Waals surface area contributed by atoms with Crippen molar-refractivity contribution in [3.05, 3.63) is 28.2 Å². The SMILES string of the molecule is CC1CCC(NC(=S)Nc2cc(Cl)cc(Cl)c2)C1. The minimum Gasteiger partial charge on any atom is -0.360 e. The first-order chi connectivity index (χ1) is 8.52. The number of nitrogens with one attached hydrogen (secondary N) is 2. The molecule has 0 amide bonds. The van der Waals surface area contributed by atoms with Gasteiger partial charge in [-0.1, -0.05) is 30.1 Å². The van der Waals surface area contributed by atoms with Crippen molar-refractivity contribution in [3.8, 4) is 0 Å². The van der Waals surface area contributed by atoms with Crippen LogP contribution in [0.15, 0.2) is 18.2 Å². The Morgan fingerprint density at radius 3 is 2.44 bits per heavy atom. The number of halogens is 2. The molecule has 0 aromatic heterocycles. The van der Waals surface area contributed by atoms with Crippen molar-refractivity contribution >= 4 is 46.2 Å². The fourth-order valence-electron chi connectivity index (χ4n) is 2.32. The van der Waals surface area contributed by atoms with Gasteiger partial charge in [-0.25, -0.2) is 0 Å². The van der Waals surface area contributed by atoms with E-state index in [9.17, 15) is 0 Å². The molecule has 0 heterocycles. The number of rotatable bonds is 2. The average molecular weight is 303 g/mol. The number of hydrogen-bond donors (Lipinski definition) is 2. The van der Waals surface area contributed by atoms with Crippen molar-refractivity contribution < 1.29 is 0 Å². The fraction of sp³-hybridized carbons (Fsp3) is 0.462. The molecule has 2 unspecified atom stereocenters.